The molecule has 19 heavy (non-hydrogen) atoms. The number of benzene rings is 1. The number of hydrogen-bond donors (Lipinski definition) is 1. The van der Waals surface area contributed by atoms with Crippen LogP contribution in [0.5, 0.6) is 11.5 Å². The molecular formula is C14H19NO4. The highest BCUT2D eigenvalue weighted by atomic mass is 16.7. The van der Waals surface area contributed by atoms with Crippen molar-refractivity contribution >= 4 is 5.91 Å². The van der Waals surface area contributed by atoms with E-state index in [-0.39, 0.29) is 19.3 Å². The van der Waals surface area contributed by atoms with Gasteiger partial charge in [-0.15, -0.1) is 0 Å². The van der Waals surface area contributed by atoms with Gasteiger partial charge in [-0.3, -0.25) is 4.79 Å². The van der Waals surface area contributed by atoms with Crippen LogP contribution in [0.4, 0.5) is 0 Å². The summed E-state index contributed by atoms with van der Waals surface area (Å²) in [5.74, 6) is 1.57. The van der Waals surface area contributed by atoms with Gasteiger partial charge in [-0.2, -0.15) is 0 Å². The molecule has 0 aliphatic carbocycles. The quantitative estimate of drug-likeness (QED) is 0.793. The van der Waals surface area contributed by atoms with Crippen LogP contribution < -0.4 is 9.47 Å². The Morgan fingerprint density at radius 2 is 2.11 bits per heavy atom. The van der Waals surface area contributed by atoms with E-state index in [1.54, 1.807) is 11.9 Å². The molecule has 5 nitrogen and oxygen atoms in total. The predicted molar refractivity (Wildman–Crippen MR) is 70.0 cm³/mol. The number of unbranched alkanes of at least 4 members (excludes halogenated alkanes) is 1. The van der Waals surface area contributed by atoms with E-state index in [1.807, 2.05) is 18.2 Å². The largest absolute Gasteiger partial charge is 0.454 e. The Kier molecular flexibility index (Phi) is 4.63. The van der Waals surface area contributed by atoms with Crippen LogP contribution >= 0.6 is 0 Å². The molecule has 0 fully saturated rings. The van der Waals surface area contributed by atoms with Crippen LogP contribution in [0.15, 0.2) is 18.2 Å². The van der Waals surface area contributed by atoms with Gasteiger partial charge in [0.2, 0.25) is 12.7 Å². The van der Waals surface area contributed by atoms with Crippen LogP contribution in [0.25, 0.3) is 0 Å². The number of carbonyl (C=O) groups excluding carboxylic acids is 1. The van der Waals surface area contributed by atoms with Gasteiger partial charge in [-0.1, -0.05) is 6.07 Å². The van der Waals surface area contributed by atoms with Gasteiger partial charge >= 0.3 is 0 Å². The summed E-state index contributed by atoms with van der Waals surface area (Å²) in [6, 6.07) is 5.70. The van der Waals surface area contributed by atoms with E-state index in [1.165, 1.54) is 0 Å². The van der Waals surface area contributed by atoms with Crippen molar-refractivity contribution in [1.29, 1.82) is 0 Å². The highest BCUT2D eigenvalue weighted by Crippen LogP contribution is 2.32. The third-order valence-corrected chi connectivity index (χ3v) is 3.08. The maximum atomic E-state index is 11.8. The van der Waals surface area contributed by atoms with Crippen molar-refractivity contribution in [1.82, 2.24) is 4.90 Å². The van der Waals surface area contributed by atoms with Gasteiger partial charge in [0, 0.05) is 26.6 Å². The number of ether oxygens (including phenoxy) is 2. The lowest BCUT2D eigenvalue weighted by Gasteiger charge is -2.17. The molecule has 0 spiro atoms. The number of carbonyl (C=O) groups is 1. The summed E-state index contributed by atoms with van der Waals surface area (Å²) >= 11 is 0. The number of hydrogen-bond acceptors (Lipinski definition) is 4. The molecule has 1 amide bonds. The van der Waals surface area contributed by atoms with E-state index < -0.39 is 0 Å². The first-order chi connectivity index (χ1) is 9.20. The first kappa shape index (κ1) is 13.7. The Morgan fingerprint density at radius 1 is 1.32 bits per heavy atom. The normalized spacial score (nSPS) is 12.5. The van der Waals surface area contributed by atoms with E-state index >= 15 is 0 Å². The smallest absolute Gasteiger partial charge is 0.231 e. The number of aliphatic hydroxyl groups is 1. The predicted octanol–water partition coefficient (Wildman–Crippen LogP) is 1.54. The molecule has 0 unspecified atom stereocenters. The number of rotatable bonds is 6. The second kappa shape index (κ2) is 6.43. The molecule has 0 saturated carbocycles. The van der Waals surface area contributed by atoms with Gasteiger partial charge in [-0.05, 0) is 30.5 Å². The maximum absolute atomic E-state index is 11.8. The number of nitrogens with zero attached hydrogens (tertiary/aromatic N) is 1. The molecule has 5 heteroatoms. The summed E-state index contributed by atoms with van der Waals surface area (Å²) in [5.41, 5.74) is 1.02. The summed E-state index contributed by atoms with van der Waals surface area (Å²) in [5, 5.41) is 8.69. The molecule has 1 aromatic carbocycles. The second-order valence-corrected chi connectivity index (χ2v) is 4.62. The molecular weight excluding hydrogens is 246 g/mol. The van der Waals surface area contributed by atoms with Crippen LogP contribution in [0.3, 0.4) is 0 Å². The molecule has 0 saturated heterocycles. The zero-order valence-corrected chi connectivity index (χ0v) is 11.1. The molecule has 1 aromatic rings. The summed E-state index contributed by atoms with van der Waals surface area (Å²) in [7, 11) is 1.78. The van der Waals surface area contributed by atoms with Crippen LogP contribution in [-0.4, -0.2) is 36.4 Å². The van der Waals surface area contributed by atoms with Crippen molar-refractivity contribution in [2.24, 2.45) is 0 Å². The van der Waals surface area contributed by atoms with Crippen molar-refractivity contribution in [2.45, 2.75) is 25.8 Å². The minimum Gasteiger partial charge on any atom is -0.454 e. The second-order valence-electron chi connectivity index (χ2n) is 4.62. The van der Waals surface area contributed by atoms with Gasteiger partial charge in [0.1, 0.15) is 0 Å². The van der Waals surface area contributed by atoms with Crippen molar-refractivity contribution in [2.75, 3.05) is 20.4 Å². The van der Waals surface area contributed by atoms with Gasteiger partial charge in [-0.25, -0.2) is 0 Å². The standard InChI is InChI=1S/C14H19NO4/c1-15(14(17)4-2-3-7-16)9-11-5-6-12-13(8-11)19-10-18-12/h5-6,8,16H,2-4,7,9-10H2,1H3. The van der Waals surface area contributed by atoms with E-state index in [9.17, 15) is 4.79 Å². The summed E-state index contributed by atoms with van der Waals surface area (Å²) in [4.78, 5) is 13.5. The Bertz CT molecular complexity index is 447. The molecule has 2 rings (SSSR count). The van der Waals surface area contributed by atoms with Crippen LogP contribution in [0.2, 0.25) is 0 Å². The molecule has 1 N–H and O–H groups in total. The third kappa shape index (κ3) is 3.61. The number of fused-ring (bicyclic) bond motifs is 1. The minimum atomic E-state index is 0.0890. The van der Waals surface area contributed by atoms with E-state index in [2.05, 4.69) is 0 Å². The van der Waals surface area contributed by atoms with Gasteiger partial charge in [0.25, 0.3) is 0 Å². The fourth-order valence-corrected chi connectivity index (χ4v) is 1.98. The number of amides is 1. The Labute approximate surface area is 112 Å². The van der Waals surface area contributed by atoms with Gasteiger partial charge < -0.3 is 19.5 Å². The third-order valence-electron chi connectivity index (χ3n) is 3.08. The first-order valence-corrected chi connectivity index (χ1v) is 6.44. The molecule has 1 aliphatic rings. The van der Waals surface area contributed by atoms with E-state index in [0.29, 0.717) is 19.4 Å². The molecule has 1 heterocycles. The summed E-state index contributed by atoms with van der Waals surface area (Å²) in [6.07, 6.45) is 1.87. The molecule has 104 valence electrons. The van der Waals surface area contributed by atoms with E-state index in [0.717, 1.165) is 23.5 Å². The number of aliphatic hydroxyl groups excluding tert-OH is 1. The van der Waals surface area contributed by atoms with Crippen LogP contribution in [-0.2, 0) is 11.3 Å². The molecule has 0 bridgehead atoms. The summed E-state index contributed by atoms with van der Waals surface area (Å²) < 4.78 is 10.6. The lowest BCUT2D eigenvalue weighted by molar-refractivity contribution is -0.130. The fraction of sp³-hybridized carbons (Fsp3) is 0.500. The van der Waals surface area contributed by atoms with Crippen molar-refractivity contribution in [3.8, 4) is 11.5 Å². The Hall–Kier alpha value is -1.75. The highest BCUT2D eigenvalue weighted by Gasteiger charge is 2.15. The van der Waals surface area contributed by atoms with Gasteiger partial charge in [0.15, 0.2) is 11.5 Å². The van der Waals surface area contributed by atoms with Gasteiger partial charge in [0.05, 0.1) is 0 Å². The molecule has 1 aliphatic heterocycles. The summed E-state index contributed by atoms with van der Waals surface area (Å²) in [6.45, 7) is 0.947. The lowest BCUT2D eigenvalue weighted by atomic mass is 10.1. The lowest BCUT2D eigenvalue weighted by Crippen LogP contribution is -2.25. The minimum absolute atomic E-state index is 0.0890. The topological polar surface area (TPSA) is 59.0 Å². The van der Waals surface area contributed by atoms with E-state index in [4.69, 9.17) is 14.6 Å². The maximum Gasteiger partial charge on any atom is 0.231 e. The zero-order chi connectivity index (χ0) is 13.7. The highest BCUT2D eigenvalue weighted by molar-refractivity contribution is 5.75. The zero-order valence-electron chi connectivity index (χ0n) is 11.1. The van der Waals surface area contributed by atoms with Crippen molar-refractivity contribution in [3.63, 3.8) is 0 Å². The molecule has 0 radical (unpaired) electrons. The Morgan fingerprint density at radius 3 is 2.89 bits per heavy atom. The average molecular weight is 265 g/mol. The Balaban J connectivity index is 1.88. The van der Waals surface area contributed by atoms with Crippen LogP contribution in [0.1, 0.15) is 24.8 Å². The first-order valence-electron chi connectivity index (χ1n) is 6.44. The fourth-order valence-electron chi connectivity index (χ4n) is 1.98. The SMILES string of the molecule is CN(Cc1ccc2c(c1)OCO2)C(=O)CCCCO. The molecule has 0 aromatic heterocycles. The van der Waals surface area contributed by atoms with Crippen LogP contribution in [0, 0.1) is 0 Å². The van der Waals surface area contributed by atoms with Crippen molar-refractivity contribution < 1.29 is 19.4 Å². The van der Waals surface area contributed by atoms with Crippen molar-refractivity contribution in [3.05, 3.63) is 23.8 Å². The average Bonchev–Trinajstić information content (AvgIpc) is 2.86. The molecule has 0 atom stereocenters. The monoisotopic (exact) mass is 265 g/mol.